The molecule has 2 aromatic rings. The Morgan fingerprint density at radius 3 is 2.62 bits per heavy atom. The molecular weight excluding hydrogens is 292 g/mol. The number of methoxy groups -OCH3 is 1. The van der Waals surface area contributed by atoms with E-state index < -0.39 is 28.7 Å². The summed E-state index contributed by atoms with van der Waals surface area (Å²) in [6.07, 6.45) is -4.77. The fourth-order valence-corrected chi connectivity index (χ4v) is 1.81. The molecule has 2 rings (SSSR count). The van der Waals surface area contributed by atoms with Gasteiger partial charge in [0.1, 0.15) is 11.6 Å². The molecule has 1 aromatic carbocycles. The summed E-state index contributed by atoms with van der Waals surface area (Å²) in [7, 11) is 1.36. The van der Waals surface area contributed by atoms with Crippen molar-refractivity contribution in [2.24, 2.45) is 0 Å². The van der Waals surface area contributed by atoms with Crippen molar-refractivity contribution in [1.29, 1.82) is 0 Å². The van der Waals surface area contributed by atoms with Crippen molar-refractivity contribution in [2.45, 2.75) is 12.8 Å². The number of aromatic amines is 1. The van der Waals surface area contributed by atoms with Gasteiger partial charge in [0.25, 0.3) is 5.56 Å². The monoisotopic (exact) mass is 302 g/mol. The van der Waals surface area contributed by atoms with Gasteiger partial charge in [-0.2, -0.15) is 13.2 Å². The fraction of sp³-hybridized carbons (Fsp3) is 0.231. The highest BCUT2D eigenvalue weighted by Gasteiger charge is 2.34. The van der Waals surface area contributed by atoms with E-state index in [1.54, 1.807) is 0 Å². The summed E-state index contributed by atoms with van der Waals surface area (Å²) >= 11 is 0. The van der Waals surface area contributed by atoms with Crippen LogP contribution in [0.5, 0.6) is 0 Å². The van der Waals surface area contributed by atoms with Crippen molar-refractivity contribution in [3.8, 4) is 11.4 Å². The van der Waals surface area contributed by atoms with Crippen LogP contribution in [-0.4, -0.2) is 17.1 Å². The molecule has 1 aromatic heterocycles. The molecule has 0 aliphatic heterocycles. The summed E-state index contributed by atoms with van der Waals surface area (Å²) in [5.74, 6) is -1.32. The van der Waals surface area contributed by atoms with Gasteiger partial charge in [-0.3, -0.25) is 4.79 Å². The Morgan fingerprint density at radius 2 is 2.00 bits per heavy atom. The van der Waals surface area contributed by atoms with E-state index in [0.717, 1.165) is 18.2 Å². The van der Waals surface area contributed by atoms with Crippen molar-refractivity contribution in [3.63, 3.8) is 0 Å². The molecule has 0 aliphatic carbocycles. The highest BCUT2D eigenvalue weighted by Crippen LogP contribution is 2.36. The number of aromatic nitrogens is 2. The second-order valence-electron chi connectivity index (χ2n) is 4.21. The van der Waals surface area contributed by atoms with Crippen LogP contribution < -0.4 is 5.56 Å². The van der Waals surface area contributed by atoms with Gasteiger partial charge in [0, 0.05) is 18.7 Å². The Morgan fingerprint density at radius 1 is 1.29 bits per heavy atom. The average Bonchev–Trinajstić information content (AvgIpc) is 2.37. The van der Waals surface area contributed by atoms with Gasteiger partial charge in [-0.05, 0) is 18.2 Å². The topological polar surface area (TPSA) is 55.0 Å². The minimum atomic E-state index is -4.77. The molecule has 0 spiro atoms. The van der Waals surface area contributed by atoms with Crippen LogP contribution in [0.15, 0.2) is 29.1 Å². The SMILES string of the molecule is COCc1cc(=O)[nH]c(-c2ccc(F)cc2C(F)(F)F)n1. The number of ether oxygens (including phenoxy) is 1. The number of halogens is 4. The Hall–Kier alpha value is -2.22. The van der Waals surface area contributed by atoms with Crippen molar-refractivity contribution in [2.75, 3.05) is 7.11 Å². The van der Waals surface area contributed by atoms with E-state index >= 15 is 0 Å². The number of H-pyrrole nitrogens is 1. The molecule has 0 amide bonds. The van der Waals surface area contributed by atoms with Gasteiger partial charge in [-0.1, -0.05) is 0 Å². The lowest BCUT2D eigenvalue weighted by Crippen LogP contribution is -2.14. The molecule has 112 valence electrons. The summed E-state index contributed by atoms with van der Waals surface area (Å²) in [6.45, 7) is -0.0283. The van der Waals surface area contributed by atoms with Crippen LogP contribution >= 0.6 is 0 Å². The molecule has 0 saturated carbocycles. The van der Waals surface area contributed by atoms with E-state index in [4.69, 9.17) is 4.74 Å². The molecule has 1 heterocycles. The third-order valence-corrected chi connectivity index (χ3v) is 2.63. The highest BCUT2D eigenvalue weighted by molar-refractivity contribution is 5.61. The molecule has 0 unspecified atom stereocenters. The summed E-state index contributed by atoms with van der Waals surface area (Å²) in [6, 6.07) is 3.27. The zero-order valence-corrected chi connectivity index (χ0v) is 10.8. The number of benzene rings is 1. The van der Waals surface area contributed by atoms with E-state index in [-0.39, 0.29) is 18.1 Å². The predicted octanol–water partition coefficient (Wildman–Crippen LogP) is 2.74. The largest absolute Gasteiger partial charge is 0.417 e. The lowest BCUT2D eigenvalue weighted by Gasteiger charge is -2.12. The lowest BCUT2D eigenvalue weighted by atomic mass is 10.1. The first-order valence-electron chi connectivity index (χ1n) is 5.77. The number of nitrogens with one attached hydrogen (secondary N) is 1. The normalized spacial score (nSPS) is 11.7. The zero-order valence-electron chi connectivity index (χ0n) is 10.8. The second-order valence-corrected chi connectivity index (χ2v) is 4.21. The molecule has 0 radical (unpaired) electrons. The van der Waals surface area contributed by atoms with Crippen LogP contribution in [-0.2, 0) is 17.5 Å². The summed E-state index contributed by atoms with van der Waals surface area (Å²) in [5.41, 5.74) is -2.06. The van der Waals surface area contributed by atoms with Crippen molar-refractivity contribution in [1.82, 2.24) is 9.97 Å². The van der Waals surface area contributed by atoms with E-state index in [9.17, 15) is 22.4 Å². The molecule has 1 N–H and O–H groups in total. The maximum absolute atomic E-state index is 13.1. The van der Waals surface area contributed by atoms with E-state index in [0.29, 0.717) is 6.07 Å². The number of rotatable bonds is 3. The van der Waals surface area contributed by atoms with E-state index in [1.165, 1.54) is 7.11 Å². The minimum Gasteiger partial charge on any atom is -0.378 e. The second kappa shape index (κ2) is 5.65. The molecule has 21 heavy (non-hydrogen) atoms. The maximum atomic E-state index is 13.1. The number of nitrogens with zero attached hydrogens (tertiary/aromatic N) is 1. The van der Waals surface area contributed by atoms with Crippen molar-refractivity contribution in [3.05, 3.63) is 51.7 Å². The van der Waals surface area contributed by atoms with Crippen LogP contribution in [0, 0.1) is 5.82 Å². The molecule has 0 fully saturated rings. The first-order valence-corrected chi connectivity index (χ1v) is 5.77. The zero-order chi connectivity index (χ0) is 15.6. The van der Waals surface area contributed by atoms with Crippen LogP contribution in [0.4, 0.5) is 17.6 Å². The molecule has 0 saturated heterocycles. The Labute approximate surface area is 116 Å². The van der Waals surface area contributed by atoms with Crippen LogP contribution in [0.3, 0.4) is 0 Å². The number of alkyl halides is 3. The number of hydrogen-bond acceptors (Lipinski definition) is 3. The first-order chi connectivity index (χ1) is 9.81. The van der Waals surface area contributed by atoms with E-state index in [2.05, 4.69) is 9.97 Å². The molecule has 0 bridgehead atoms. The highest BCUT2D eigenvalue weighted by atomic mass is 19.4. The van der Waals surface area contributed by atoms with Gasteiger partial charge in [-0.15, -0.1) is 0 Å². The lowest BCUT2D eigenvalue weighted by molar-refractivity contribution is -0.137. The van der Waals surface area contributed by atoms with Crippen LogP contribution in [0.1, 0.15) is 11.3 Å². The predicted molar refractivity (Wildman–Crippen MR) is 66.0 cm³/mol. The molecule has 4 nitrogen and oxygen atoms in total. The van der Waals surface area contributed by atoms with Crippen LogP contribution in [0.25, 0.3) is 11.4 Å². The van der Waals surface area contributed by atoms with Gasteiger partial charge in [-0.25, -0.2) is 9.37 Å². The third-order valence-electron chi connectivity index (χ3n) is 2.63. The summed E-state index contributed by atoms with van der Waals surface area (Å²) in [4.78, 5) is 17.6. The first kappa shape index (κ1) is 15.2. The average molecular weight is 302 g/mol. The molecule has 0 aliphatic rings. The van der Waals surface area contributed by atoms with Gasteiger partial charge in [0.2, 0.25) is 0 Å². The molecule has 8 heteroatoms. The number of hydrogen-bond donors (Lipinski definition) is 1. The Kier molecular flexibility index (Phi) is 4.08. The standard InChI is InChI=1S/C13H10F4N2O2/c1-21-6-8-5-11(20)19-12(18-8)9-3-2-7(14)4-10(9)13(15,16)17/h2-5H,6H2,1H3,(H,18,19,20). The minimum absolute atomic E-state index is 0.0283. The Bertz CT molecular complexity index is 710. The van der Waals surface area contributed by atoms with Gasteiger partial charge < -0.3 is 9.72 Å². The van der Waals surface area contributed by atoms with E-state index in [1.807, 2.05) is 0 Å². The van der Waals surface area contributed by atoms with Crippen LogP contribution in [0.2, 0.25) is 0 Å². The molecule has 0 atom stereocenters. The van der Waals surface area contributed by atoms with Gasteiger partial charge in [0.05, 0.1) is 17.9 Å². The maximum Gasteiger partial charge on any atom is 0.417 e. The van der Waals surface area contributed by atoms with Gasteiger partial charge in [0.15, 0.2) is 0 Å². The summed E-state index contributed by atoms with van der Waals surface area (Å²) in [5, 5.41) is 0. The van der Waals surface area contributed by atoms with Crippen molar-refractivity contribution >= 4 is 0 Å². The molecular formula is C13H10F4N2O2. The Balaban J connectivity index is 2.64. The third kappa shape index (κ3) is 3.46. The van der Waals surface area contributed by atoms with Crippen molar-refractivity contribution < 1.29 is 22.3 Å². The smallest absolute Gasteiger partial charge is 0.378 e. The summed E-state index contributed by atoms with van der Waals surface area (Å²) < 4.78 is 56.7. The van der Waals surface area contributed by atoms with Gasteiger partial charge >= 0.3 is 6.18 Å². The quantitative estimate of drug-likeness (QED) is 0.887. The fourth-order valence-electron chi connectivity index (χ4n) is 1.81.